The number of hydrogen-bond donors (Lipinski definition) is 2. The molecule has 6 nitrogen and oxygen atoms in total. The SMILES string of the molecule is O=C1COCC2=C1Cc1c([nH]oc1=O)N2. The molecule has 0 aromatic carbocycles. The first kappa shape index (κ1) is 8.49. The fourth-order valence-corrected chi connectivity index (χ4v) is 1.82. The van der Waals surface area contributed by atoms with E-state index in [-0.39, 0.29) is 12.4 Å². The second kappa shape index (κ2) is 2.83. The Bertz CT molecular complexity index is 522. The molecule has 2 N–H and O–H groups in total. The first-order valence-corrected chi connectivity index (χ1v) is 4.56. The number of ketones is 1. The van der Waals surface area contributed by atoms with E-state index in [1.165, 1.54) is 0 Å². The Morgan fingerprint density at radius 3 is 2.93 bits per heavy atom. The third-order valence-corrected chi connectivity index (χ3v) is 2.60. The van der Waals surface area contributed by atoms with E-state index < -0.39 is 5.63 Å². The second-order valence-corrected chi connectivity index (χ2v) is 3.52. The molecule has 0 saturated heterocycles. The maximum atomic E-state index is 11.5. The van der Waals surface area contributed by atoms with Gasteiger partial charge in [-0.2, -0.15) is 0 Å². The summed E-state index contributed by atoms with van der Waals surface area (Å²) in [7, 11) is 0. The molecule has 78 valence electrons. The number of carbonyl (C=O) groups excluding carboxylic acids is 1. The van der Waals surface area contributed by atoms with Crippen LogP contribution in [0.2, 0.25) is 0 Å². The van der Waals surface area contributed by atoms with Gasteiger partial charge in [-0.15, -0.1) is 0 Å². The van der Waals surface area contributed by atoms with Gasteiger partial charge in [0.2, 0.25) is 0 Å². The van der Waals surface area contributed by atoms with Crippen molar-refractivity contribution in [1.29, 1.82) is 0 Å². The lowest BCUT2D eigenvalue weighted by molar-refractivity contribution is -0.120. The standard InChI is InChI=1S/C9H8N2O4/c12-7-3-14-2-6-4(7)1-5-8(10-6)11-15-9(5)13/h10-11H,1-3H2. The normalized spacial score (nSPS) is 19.6. The monoisotopic (exact) mass is 208 g/mol. The van der Waals surface area contributed by atoms with Gasteiger partial charge >= 0.3 is 5.63 Å². The Morgan fingerprint density at radius 1 is 1.20 bits per heavy atom. The lowest BCUT2D eigenvalue weighted by Crippen LogP contribution is -2.30. The lowest BCUT2D eigenvalue weighted by Gasteiger charge is -2.23. The van der Waals surface area contributed by atoms with Crippen LogP contribution in [0.15, 0.2) is 20.6 Å². The number of anilines is 1. The molecule has 3 heterocycles. The Kier molecular flexibility index (Phi) is 1.60. The third kappa shape index (κ3) is 1.15. The molecule has 2 aliphatic rings. The molecule has 6 heteroatoms. The molecule has 15 heavy (non-hydrogen) atoms. The van der Waals surface area contributed by atoms with Gasteiger partial charge in [-0.1, -0.05) is 0 Å². The van der Waals surface area contributed by atoms with E-state index in [9.17, 15) is 9.59 Å². The van der Waals surface area contributed by atoms with Gasteiger partial charge in [-0.05, 0) is 0 Å². The Balaban J connectivity index is 2.09. The summed E-state index contributed by atoms with van der Waals surface area (Å²) in [5.41, 5.74) is 1.39. The minimum Gasteiger partial charge on any atom is -0.367 e. The molecule has 0 aliphatic carbocycles. The maximum Gasteiger partial charge on any atom is 0.362 e. The minimum absolute atomic E-state index is 0.0741. The molecule has 0 atom stereocenters. The first-order chi connectivity index (χ1) is 7.25. The van der Waals surface area contributed by atoms with Crippen LogP contribution in [0.1, 0.15) is 5.56 Å². The van der Waals surface area contributed by atoms with Gasteiger partial charge in [-0.25, -0.2) is 9.95 Å². The fraction of sp³-hybridized carbons (Fsp3) is 0.333. The summed E-state index contributed by atoms with van der Waals surface area (Å²) in [6.07, 6.45) is 0.325. The predicted molar refractivity (Wildman–Crippen MR) is 49.5 cm³/mol. The zero-order chi connectivity index (χ0) is 10.4. The number of aromatic nitrogens is 1. The average Bonchev–Trinajstić information content (AvgIpc) is 2.59. The van der Waals surface area contributed by atoms with E-state index in [2.05, 4.69) is 15.0 Å². The highest BCUT2D eigenvalue weighted by molar-refractivity contribution is 5.99. The van der Waals surface area contributed by atoms with Crippen LogP contribution < -0.4 is 10.9 Å². The summed E-state index contributed by atoms with van der Waals surface area (Å²) >= 11 is 0. The van der Waals surface area contributed by atoms with Gasteiger partial charge in [0.1, 0.15) is 12.4 Å². The molecule has 0 unspecified atom stereocenters. The van der Waals surface area contributed by atoms with Crippen LogP contribution in [0.4, 0.5) is 5.82 Å². The highest BCUT2D eigenvalue weighted by atomic mass is 16.5. The van der Waals surface area contributed by atoms with Crippen molar-refractivity contribution in [2.45, 2.75) is 6.42 Å². The van der Waals surface area contributed by atoms with Crippen molar-refractivity contribution in [1.82, 2.24) is 5.16 Å². The molecular formula is C9H8N2O4. The van der Waals surface area contributed by atoms with Gasteiger partial charge in [0.05, 0.1) is 12.2 Å². The molecule has 0 radical (unpaired) electrons. The minimum atomic E-state index is -0.427. The number of Topliss-reactive ketones (excluding diaryl/α,β-unsaturated/α-hetero) is 1. The van der Waals surface area contributed by atoms with Crippen molar-refractivity contribution < 1.29 is 14.1 Å². The zero-order valence-corrected chi connectivity index (χ0v) is 7.75. The molecule has 2 aliphatic heterocycles. The molecule has 0 fully saturated rings. The zero-order valence-electron chi connectivity index (χ0n) is 7.75. The third-order valence-electron chi connectivity index (χ3n) is 2.60. The number of aromatic amines is 1. The summed E-state index contributed by atoms with van der Waals surface area (Å²) < 4.78 is 9.72. The topological polar surface area (TPSA) is 84.3 Å². The highest BCUT2D eigenvalue weighted by Crippen LogP contribution is 2.26. The maximum absolute atomic E-state index is 11.5. The van der Waals surface area contributed by atoms with Crippen molar-refractivity contribution >= 4 is 11.6 Å². The fourth-order valence-electron chi connectivity index (χ4n) is 1.82. The lowest BCUT2D eigenvalue weighted by atomic mass is 9.97. The molecule has 0 amide bonds. The largest absolute Gasteiger partial charge is 0.367 e. The van der Waals surface area contributed by atoms with E-state index in [0.29, 0.717) is 30.0 Å². The average molecular weight is 208 g/mol. The molecule has 1 aromatic rings. The number of H-pyrrole nitrogens is 1. The van der Waals surface area contributed by atoms with Crippen LogP contribution >= 0.6 is 0 Å². The van der Waals surface area contributed by atoms with Crippen molar-refractivity contribution in [2.75, 3.05) is 18.5 Å². The van der Waals surface area contributed by atoms with Gasteiger partial charge < -0.3 is 14.6 Å². The van der Waals surface area contributed by atoms with Crippen LogP contribution in [0.3, 0.4) is 0 Å². The number of nitrogens with one attached hydrogen (secondary N) is 2. The number of carbonyl (C=O) groups is 1. The number of ether oxygens (including phenoxy) is 1. The number of fused-ring (bicyclic) bond motifs is 1. The molecule has 3 rings (SSSR count). The van der Waals surface area contributed by atoms with E-state index in [1.54, 1.807) is 0 Å². The van der Waals surface area contributed by atoms with Crippen LogP contribution in [-0.4, -0.2) is 24.2 Å². The highest BCUT2D eigenvalue weighted by Gasteiger charge is 2.29. The van der Waals surface area contributed by atoms with E-state index in [0.717, 1.165) is 5.70 Å². The van der Waals surface area contributed by atoms with Crippen LogP contribution in [0, 0.1) is 0 Å². The van der Waals surface area contributed by atoms with Crippen LogP contribution in [-0.2, 0) is 16.0 Å². The van der Waals surface area contributed by atoms with E-state index in [1.807, 2.05) is 0 Å². The second-order valence-electron chi connectivity index (χ2n) is 3.52. The van der Waals surface area contributed by atoms with E-state index in [4.69, 9.17) is 4.74 Å². The van der Waals surface area contributed by atoms with Crippen LogP contribution in [0.25, 0.3) is 0 Å². The van der Waals surface area contributed by atoms with Crippen molar-refractivity contribution in [3.63, 3.8) is 0 Å². The summed E-state index contributed by atoms with van der Waals surface area (Å²) in [5, 5.41) is 5.41. The van der Waals surface area contributed by atoms with Crippen molar-refractivity contribution in [3.8, 4) is 0 Å². The van der Waals surface area contributed by atoms with Crippen molar-refractivity contribution in [2.24, 2.45) is 0 Å². The summed E-state index contributed by atoms with van der Waals surface area (Å²) in [5.74, 6) is 0.451. The molecule has 0 spiro atoms. The van der Waals surface area contributed by atoms with Gasteiger partial charge in [0, 0.05) is 17.7 Å². The quantitative estimate of drug-likeness (QED) is 0.616. The number of rotatable bonds is 0. The van der Waals surface area contributed by atoms with Gasteiger partial charge in [0.25, 0.3) is 0 Å². The smallest absolute Gasteiger partial charge is 0.362 e. The summed E-state index contributed by atoms with van der Waals surface area (Å²) in [4.78, 5) is 22.7. The number of hydrogen-bond acceptors (Lipinski definition) is 5. The summed E-state index contributed by atoms with van der Waals surface area (Å²) in [6.45, 7) is 0.458. The van der Waals surface area contributed by atoms with Crippen LogP contribution in [0.5, 0.6) is 0 Å². The molecule has 1 aromatic heterocycles. The predicted octanol–water partition coefficient (Wildman–Crippen LogP) is -0.211. The van der Waals surface area contributed by atoms with Gasteiger partial charge in [-0.3, -0.25) is 4.79 Å². The van der Waals surface area contributed by atoms with Gasteiger partial charge in [0.15, 0.2) is 5.78 Å². The molecule has 0 saturated carbocycles. The Labute approximate surface area is 83.9 Å². The summed E-state index contributed by atoms with van der Waals surface area (Å²) in [6, 6.07) is 0. The molecular weight excluding hydrogens is 200 g/mol. The molecule has 0 bridgehead atoms. The Morgan fingerprint density at radius 2 is 2.07 bits per heavy atom. The first-order valence-electron chi connectivity index (χ1n) is 4.56. The van der Waals surface area contributed by atoms with E-state index >= 15 is 0 Å². The Hall–Kier alpha value is -1.82. The van der Waals surface area contributed by atoms with Crippen molar-refractivity contribution in [3.05, 3.63) is 27.3 Å².